The molecular weight excluding hydrogens is 424 g/mol. The van der Waals surface area contributed by atoms with E-state index in [0.717, 1.165) is 28.7 Å². The molecule has 8 heteroatoms. The zero-order chi connectivity index (χ0) is 23.4. The molecule has 2 aliphatic carbocycles. The number of ether oxygens (including phenoxy) is 1. The Labute approximate surface area is 192 Å². The first-order valence-corrected chi connectivity index (χ1v) is 11.2. The van der Waals surface area contributed by atoms with E-state index in [2.05, 4.69) is 10.6 Å². The summed E-state index contributed by atoms with van der Waals surface area (Å²) >= 11 is 0. The summed E-state index contributed by atoms with van der Waals surface area (Å²) in [5.74, 6) is -1.77. The van der Waals surface area contributed by atoms with Crippen LogP contribution in [0.5, 0.6) is 0 Å². The number of hydrogen-bond donors (Lipinski definition) is 4. The van der Waals surface area contributed by atoms with Gasteiger partial charge in [0.2, 0.25) is 5.91 Å². The molecule has 4 rings (SSSR count). The minimum absolute atomic E-state index is 0.0585. The summed E-state index contributed by atoms with van der Waals surface area (Å²) in [6, 6.07) is 14.5. The highest BCUT2D eigenvalue weighted by Crippen LogP contribution is 2.44. The van der Waals surface area contributed by atoms with Gasteiger partial charge in [0.05, 0.1) is 6.42 Å². The highest BCUT2D eigenvalue weighted by Gasteiger charge is 2.32. The van der Waals surface area contributed by atoms with Crippen molar-refractivity contribution < 1.29 is 29.3 Å². The van der Waals surface area contributed by atoms with Crippen molar-refractivity contribution >= 4 is 18.0 Å². The van der Waals surface area contributed by atoms with Gasteiger partial charge in [-0.15, -0.1) is 0 Å². The summed E-state index contributed by atoms with van der Waals surface area (Å²) in [6.07, 6.45) is 0.754. The van der Waals surface area contributed by atoms with Crippen molar-refractivity contribution in [2.24, 2.45) is 5.92 Å². The van der Waals surface area contributed by atoms with E-state index >= 15 is 0 Å². The average Bonchev–Trinajstić information content (AvgIpc) is 3.39. The number of aliphatic hydroxyl groups excluding tert-OH is 1. The molecule has 33 heavy (non-hydrogen) atoms. The topological polar surface area (TPSA) is 125 Å². The number of carbonyl (C=O) groups is 3. The number of rotatable bonds is 8. The molecule has 2 amide bonds. The Balaban J connectivity index is 1.38. The standard InChI is InChI=1S/C25H28N2O6/c28-13-15-9-10-16(11-15)26-24(31)22(12-23(29)30)27-25(32)33-14-21-19-7-3-1-5-17(19)18-6-2-4-8-20(18)21/h1-8,15-16,21-22,28H,9-14H2,(H,26,31)(H,27,32)(H,29,30)/t15-,16+,22?/m1/s1. The van der Waals surface area contributed by atoms with Gasteiger partial charge in [-0.05, 0) is 47.4 Å². The maximum absolute atomic E-state index is 12.6. The lowest BCUT2D eigenvalue weighted by atomic mass is 9.98. The molecule has 0 spiro atoms. The third-order valence-corrected chi connectivity index (χ3v) is 6.48. The summed E-state index contributed by atoms with van der Waals surface area (Å²) < 4.78 is 5.45. The Morgan fingerprint density at radius 2 is 1.64 bits per heavy atom. The van der Waals surface area contributed by atoms with Crippen LogP contribution in [-0.4, -0.2) is 53.5 Å². The lowest BCUT2D eigenvalue weighted by Crippen LogP contribution is -2.50. The largest absolute Gasteiger partial charge is 0.481 e. The first-order chi connectivity index (χ1) is 16.0. The van der Waals surface area contributed by atoms with E-state index in [-0.39, 0.29) is 31.1 Å². The summed E-state index contributed by atoms with van der Waals surface area (Å²) in [5, 5.41) is 23.7. The van der Waals surface area contributed by atoms with E-state index in [9.17, 15) is 24.6 Å². The van der Waals surface area contributed by atoms with Gasteiger partial charge in [-0.25, -0.2) is 4.79 Å². The number of carboxylic acid groups (broad SMARTS) is 1. The number of amides is 2. The van der Waals surface area contributed by atoms with Crippen molar-refractivity contribution in [2.75, 3.05) is 13.2 Å². The molecule has 2 aromatic carbocycles. The molecule has 1 fully saturated rings. The SMILES string of the molecule is O=C(O)CC(NC(=O)OCC1c2ccccc2-c2ccccc21)C(=O)N[C@H]1CC[C@@H](CO)C1. The zero-order valence-corrected chi connectivity index (χ0v) is 18.2. The molecule has 0 bridgehead atoms. The number of alkyl carbamates (subject to hydrolysis) is 1. The smallest absolute Gasteiger partial charge is 0.407 e. The second-order valence-electron chi connectivity index (χ2n) is 8.69. The molecule has 174 valence electrons. The molecule has 2 aromatic rings. The van der Waals surface area contributed by atoms with Crippen LogP contribution in [0.15, 0.2) is 48.5 Å². The minimum atomic E-state index is -1.24. The number of aliphatic hydroxyl groups is 1. The number of carboxylic acids is 1. The number of nitrogens with one attached hydrogen (secondary N) is 2. The van der Waals surface area contributed by atoms with Crippen molar-refractivity contribution in [1.29, 1.82) is 0 Å². The fraction of sp³-hybridized carbons (Fsp3) is 0.400. The van der Waals surface area contributed by atoms with Crippen LogP contribution >= 0.6 is 0 Å². The Morgan fingerprint density at radius 3 is 2.21 bits per heavy atom. The molecular formula is C25H28N2O6. The van der Waals surface area contributed by atoms with Gasteiger partial charge in [-0.3, -0.25) is 9.59 Å². The van der Waals surface area contributed by atoms with Crippen LogP contribution in [0.1, 0.15) is 42.7 Å². The molecule has 1 unspecified atom stereocenters. The van der Waals surface area contributed by atoms with Crippen molar-refractivity contribution in [3.63, 3.8) is 0 Å². The van der Waals surface area contributed by atoms with E-state index < -0.39 is 30.4 Å². The van der Waals surface area contributed by atoms with Gasteiger partial charge in [0.1, 0.15) is 12.6 Å². The van der Waals surface area contributed by atoms with Crippen LogP contribution < -0.4 is 10.6 Å². The van der Waals surface area contributed by atoms with Crippen molar-refractivity contribution in [1.82, 2.24) is 10.6 Å². The van der Waals surface area contributed by atoms with Crippen LogP contribution in [0.3, 0.4) is 0 Å². The fourth-order valence-electron chi connectivity index (χ4n) is 4.84. The van der Waals surface area contributed by atoms with Crippen molar-refractivity contribution in [2.45, 2.75) is 43.7 Å². The maximum Gasteiger partial charge on any atom is 0.407 e. The molecule has 2 aliphatic rings. The number of benzene rings is 2. The second-order valence-corrected chi connectivity index (χ2v) is 8.69. The van der Waals surface area contributed by atoms with Crippen LogP contribution in [0.4, 0.5) is 4.79 Å². The van der Waals surface area contributed by atoms with Crippen LogP contribution in [0.25, 0.3) is 11.1 Å². The molecule has 3 atom stereocenters. The predicted octanol–water partition coefficient (Wildman–Crippen LogP) is 2.65. The van der Waals surface area contributed by atoms with Crippen LogP contribution in [0.2, 0.25) is 0 Å². The maximum atomic E-state index is 12.6. The highest BCUT2D eigenvalue weighted by atomic mass is 16.5. The molecule has 0 aliphatic heterocycles. The van der Waals surface area contributed by atoms with Gasteiger partial charge < -0.3 is 25.6 Å². The molecule has 4 N–H and O–H groups in total. The molecule has 0 radical (unpaired) electrons. The average molecular weight is 453 g/mol. The van der Waals surface area contributed by atoms with Crippen molar-refractivity contribution in [3.8, 4) is 11.1 Å². The third kappa shape index (κ3) is 5.17. The van der Waals surface area contributed by atoms with E-state index in [1.807, 2.05) is 48.5 Å². The van der Waals surface area contributed by atoms with Gasteiger partial charge in [0.25, 0.3) is 0 Å². The normalized spacial score (nSPS) is 19.9. The molecule has 1 saturated carbocycles. The minimum Gasteiger partial charge on any atom is -0.481 e. The van der Waals surface area contributed by atoms with Crippen molar-refractivity contribution in [3.05, 3.63) is 59.7 Å². The van der Waals surface area contributed by atoms with E-state index in [4.69, 9.17) is 4.74 Å². The first-order valence-electron chi connectivity index (χ1n) is 11.2. The third-order valence-electron chi connectivity index (χ3n) is 6.48. The first kappa shape index (κ1) is 22.8. The van der Waals surface area contributed by atoms with Crippen LogP contribution in [-0.2, 0) is 14.3 Å². The zero-order valence-electron chi connectivity index (χ0n) is 18.2. The second kappa shape index (κ2) is 10.0. The Morgan fingerprint density at radius 1 is 1.00 bits per heavy atom. The Bertz CT molecular complexity index is 994. The summed E-state index contributed by atoms with van der Waals surface area (Å²) in [6.45, 7) is 0.130. The monoisotopic (exact) mass is 452 g/mol. The van der Waals surface area contributed by atoms with E-state index in [1.165, 1.54) is 0 Å². The Hall–Kier alpha value is -3.39. The van der Waals surface area contributed by atoms with E-state index in [0.29, 0.717) is 12.8 Å². The quantitative estimate of drug-likeness (QED) is 0.488. The summed E-state index contributed by atoms with van der Waals surface area (Å²) in [7, 11) is 0. The summed E-state index contributed by atoms with van der Waals surface area (Å²) in [5.41, 5.74) is 4.32. The summed E-state index contributed by atoms with van der Waals surface area (Å²) in [4.78, 5) is 36.4. The lowest BCUT2D eigenvalue weighted by molar-refractivity contribution is -0.140. The number of fused-ring (bicyclic) bond motifs is 3. The van der Waals surface area contributed by atoms with E-state index in [1.54, 1.807) is 0 Å². The number of hydrogen-bond acceptors (Lipinski definition) is 5. The Kier molecular flexibility index (Phi) is 6.93. The van der Waals surface area contributed by atoms with Crippen LogP contribution in [0, 0.1) is 5.92 Å². The highest BCUT2D eigenvalue weighted by molar-refractivity contribution is 5.89. The predicted molar refractivity (Wildman–Crippen MR) is 121 cm³/mol. The lowest BCUT2D eigenvalue weighted by Gasteiger charge is -2.21. The van der Waals surface area contributed by atoms with Gasteiger partial charge >= 0.3 is 12.1 Å². The number of carbonyl (C=O) groups excluding carboxylic acids is 2. The molecule has 0 heterocycles. The van der Waals surface area contributed by atoms with Gasteiger partial charge in [-0.1, -0.05) is 48.5 Å². The number of aliphatic carboxylic acids is 1. The molecule has 8 nitrogen and oxygen atoms in total. The van der Waals surface area contributed by atoms with Gasteiger partial charge in [-0.2, -0.15) is 0 Å². The molecule has 0 aromatic heterocycles. The molecule has 0 saturated heterocycles. The van der Waals surface area contributed by atoms with Gasteiger partial charge in [0, 0.05) is 18.6 Å². The fourth-order valence-corrected chi connectivity index (χ4v) is 4.84. The van der Waals surface area contributed by atoms with Gasteiger partial charge in [0.15, 0.2) is 0 Å².